The largest absolute Gasteiger partial charge is 0.370 e. The smallest absolute Gasteiger partial charge is 0.250 e. The van der Waals surface area contributed by atoms with Crippen LogP contribution in [0.2, 0.25) is 5.02 Å². The zero-order chi connectivity index (χ0) is 25.5. The molecular formula is C25H22ClN5O4S. The van der Waals surface area contributed by atoms with Gasteiger partial charge in [0.25, 0.3) is 0 Å². The van der Waals surface area contributed by atoms with E-state index in [1.807, 2.05) is 0 Å². The van der Waals surface area contributed by atoms with Crippen LogP contribution in [-0.4, -0.2) is 29.7 Å². The maximum Gasteiger partial charge on any atom is 0.250 e. The Hall–Kier alpha value is -3.26. The predicted molar refractivity (Wildman–Crippen MR) is 132 cm³/mol. The number of fused-ring (bicyclic) bond motifs is 5. The molecule has 0 radical (unpaired) electrons. The fourth-order valence-corrected chi connectivity index (χ4v) is 7.91. The lowest BCUT2D eigenvalue weighted by Crippen LogP contribution is -2.53. The van der Waals surface area contributed by atoms with E-state index < -0.39 is 47.0 Å². The van der Waals surface area contributed by atoms with Crippen molar-refractivity contribution < 1.29 is 19.2 Å². The van der Waals surface area contributed by atoms with Crippen molar-refractivity contribution in [3.63, 3.8) is 0 Å². The van der Waals surface area contributed by atoms with Gasteiger partial charge in [-0.2, -0.15) is 5.26 Å². The van der Waals surface area contributed by atoms with Gasteiger partial charge in [-0.1, -0.05) is 17.7 Å². The molecule has 1 aliphatic carbocycles. The van der Waals surface area contributed by atoms with E-state index in [2.05, 4.69) is 16.7 Å². The number of imide groups is 1. The van der Waals surface area contributed by atoms with E-state index in [1.165, 1.54) is 11.3 Å². The molecule has 4 amide bonds. The molecule has 4 atom stereocenters. The molecule has 184 valence electrons. The van der Waals surface area contributed by atoms with E-state index in [-0.39, 0.29) is 6.42 Å². The van der Waals surface area contributed by atoms with Crippen molar-refractivity contribution in [1.82, 2.24) is 5.32 Å². The van der Waals surface area contributed by atoms with E-state index in [0.717, 1.165) is 41.0 Å². The van der Waals surface area contributed by atoms with Crippen LogP contribution >= 0.6 is 22.9 Å². The van der Waals surface area contributed by atoms with Crippen LogP contribution < -0.4 is 21.3 Å². The first-order valence-electron chi connectivity index (χ1n) is 11.8. The number of benzene rings is 1. The first-order valence-corrected chi connectivity index (χ1v) is 13.0. The van der Waals surface area contributed by atoms with Crippen LogP contribution in [-0.2, 0) is 37.6 Å². The number of hydrogen-bond donors (Lipinski definition) is 3. The number of nitrogens with two attached hydrogens (primary N) is 1. The van der Waals surface area contributed by atoms with E-state index in [1.54, 1.807) is 19.1 Å². The summed E-state index contributed by atoms with van der Waals surface area (Å²) in [4.78, 5) is 55.7. The average molecular weight is 524 g/mol. The Kier molecular flexibility index (Phi) is 5.06. The number of aryl methyl sites for hydroxylation is 1. The third kappa shape index (κ3) is 2.85. The highest BCUT2D eigenvalue weighted by atomic mass is 35.5. The summed E-state index contributed by atoms with van der Waals surface area (Å²) >= 11 is 7.59. The van der Waals surface area contributed by atoms with Gasteiger partial charge in [0.05, 0.1) is 23.1 Å². The van der Waals surface area contributed by atoms with Crippen LogP contribution in [0.5, 0.6) is 0 Å². The molecule has 2 aromatic rings. The first kappa shape index (κ1) is 23.2. The highest BCUT2D eigenvalue weighted by Crippen LogP contribution is 2.56. The maximum atomic E-state index is 14.1. The van der Waals surface area contributed by atoms with Crippen molar-refractivity contribution in [2.45, 2.75) is 50.6 Å². The summed E-state index contributed by atoms with van der Waals surface area (Å²) < 4.78 is 0. The molecule has 2 saturated heterocycles. The van der Waals surface area contributed by atoms with Crippen LogP contribution in [0.25, 0.3) is 0 Å². The van der Waals surface area contributed by atoms with Crippen LogP contribution in [0.3, 0.4) is 0 Å². The summed E-state index contributed by atoms with van der Waals surface area (Å²) in [6.45, 7) is 1.76. The normalized spacial score (nSPS) is 28.2. The van der Waals surface area contributed by atoms with Crippen molar-refractivity contribution in [2.75, 3.05) is 10.2 Å². The maximum absolute atomic E-state index is 14.1. The Morgan fingerprint density at radius 1 is 1.28 bits per heavy atom. The number of primary amides is 1. The van der Waals surface area contributed by atoms with Crippen LogP contribution in [0.1, 0.15) is 46.4 Å². The van der Waals surface area contributed by atoms with Crippen LogP contribution in [0.15, 0.2) is 12.1 Å². The van der Waals surface area contributed by atoms with E-state index in [9.17, 15) is 24.4 Å². The Morgan fingerprint density at radius 3 is 2.75 bits per heavy atom. The van der Waals surface area contributed by atoms with Gasteiger partial charge < -0.3 is 11.1 Å². The molecule has 6 rings (SSSR count). The Morgan fingerprint density at radius 2 is 2.03 bits per heavy atom. The Bertz CT molecular complexity index is 1440. The first-order chi connectivity index (χ1) is 17.2. The molecule has 4 N–H and O–H groups in total. The molecule has 2 fully saturated rings. The number of halogens is 1. The molecule has 1 aromatic heterocycles. The second-order valence-corrected chi connectivity index (χ2v) is 11.3. The summed E-state index contributed by atoms with van der Waals surface area (Å²) in [7, 11) is 0. The van der Waals surface area contributed by atoms with Gasteiger partial charge in [0.15, 0.2) is 0 Å². The Labute approximate surface area is 215 Å². The lowest BCUT2D eigenvalue weighted by Gasteiger charge is -2.29. The van der Waals surface area contributed by atoms with Crippen LogP contribution in [0, 0.1) is 30.1 Å². The molecule has 0 saturated carbocycles. The molecule has 4 aliphatic rings. The number of nitriles is 1. The minimum atomic E-state index is -1.57. The van der Waals surface area contributed by atoms with Gasteiger partial charge in [-0.3, -0.25) is 24.5 Å². The molecular weight excluding hydrogens is 502 g/mol. The number of nitrogens with zero attached hydrogens (tertiary/aromatic N) is 2. The summed E-state index contributed by atoms with van der Waals surface area (Å²) in [6.07, 6.45) is 3.22. The molecule has 1 aromatic carbocycles. The van der Waals surface area contributed by atoms with Gasteiger partial charge in [-0.25, -0.2) is 4.90 Å². The number of amides is 4. The Balaban J connectivity index is 1.53. The summed E-state index contributed by atoms with van der Waals surface area (Å²) in [6, 6.07) is 4.70. The monoisotopic (exact) mass is 523 g/mol. The molecule has 0 unspecified atom stereocenters. The zero-order valence-electron chi connectivity index (χ0n) is 19.3. The average Bonchev–Trinajstić information content (AvgIpc) is 3.52. The second kappa shape index (κ2) is 7.87. The SMILES string of the molecule is Cc1c(Cl)ccc2c1NC(=O)[C@@]21N[C@H](CC(N)=O)[C@H]2C(=O)N(c3sc4c(c3C#N)CCCC4)C(=O)[C@H]21. The minimum Gasteiger partial charge on any atom is -0.370 e. The van der Waals surface area contributed by atoms with Gasteiger partial charge in [-0.05, 0) is 49.8 Å². The molecule has 0 bridgehead atoms. The van der Waals surface area contributed by atoms with Crippen molar-refractivity contribution in [2.24, 2.45) is 17.6 Å². The third-order valence-electron chi connectivity index (χ3n) is 7.97. The molecule has 3 aliphatic heterocycles. The molecule has 9 nitrogen and oxygen atoms in total. The van der Waals surface area contributed by atoms with Crippen molar-refractivity contribution in [1.29, 1.82) is 5.26 Å². The van der Waals surface area contributed by atoms with Gasteiger partial charge in [0.1, 0.15) is 16.6 Å². The fourth-order valence-electron chi connectivity index (χ4n) is 6.41. The number of carbonyl (C=O) groups is 4. The number of hydrogen-bond acceptors (Lipinski definition) is 7. The second-order valence-electron chi connectivity index (χ2n) is 9.80. The quantitative estimate of drug-likeness (QED) is 0.526. The molecule has 4 heterocycles. The van der Waals surface area contributed by atoms with E-state index >= 15 is 0 Å². The standard InChI is InChI=1S/C25H22ClN5O4S/c1-10-14(26)7-6-13-20(10)29-24(35)25(13)19-18(15(30-25)8-17(28)32)21(33)31(22(19)34)23-12(9-27)11-4-2-3-5-16(11)36-23/h6-7,15,18-19,30H,2-5,8H2,1H3,(H2,28,32)(H,29,35)/t15-,18-,19+,25-/m1/s1. The van der Waals surface area contributed by atoms with Crippen molar-refractivity contribution >= 4 is 57.3 Å². The van der Waals surface area contributed by atoms with Gasteiger partial charge >= 0.3 is 0 Å². The highest BCUT2D eigenvalue weighted by Gasteiger charge is 2.71. The predicted octanol–water partition coefficient (Wildman–Crippen LogP) is 2.26. The summed E-state index contributed by atoms with van der Waals surface area (Å²) in [5, 5.41) is 16.7. The zero-order valence-corrected chi connectivity index (χ0v) is 20.9. The highest BCUT2D eigenvalue weighted by molar-refractivity contribution is 7.17. The lowest BCUT2D eigenvalue weighted by atomic mass is 9.76. The van der Waals surface area contributed by atoms with Gasteiger partial charge in [0.2, 0.25) is 23.6 Å². The number of rotatable bonds is 3. The minimum absolute atomic E-state index is 0.225. The number of anilines is 2. The number of thiophene rings is 1. The van der Waals surface area contributed by atoms with E-state index in [0.29, 0.717) is 32.4 Å². The lowest BCUT2D eigenvalue weighted by molar-refractivity contribution is -0.130. The molecule has 11 heteroatoms. The molecule has 36 heavy (non-hydrogen) atoms. The molecule has 1 spiro atoms. The summed E-state index contributed by atoms with van der Waals surface area (Å²) in [5.74, 6) is -4.33. The third-order valence-corrected chi connectivity index (χ3v) is 9.66. The van der Waals surface area contributed by atoms with Crippen LogP contribution in [0.4, 0.5) is 10.7 Å². The van der Waals surface area contributed by atoms with Crippen molar-refractivity contribution in [3.05, 3.63) is 44.3 Å². The topological polar surface area (TPSA) is 145 Å². The van der Waals surface area contributed by atoms with Crippen molar-refractivity contribution in [3.8, 4) is 6.07 Å². The number of nitrogens with one attached hydrogen (secondary N) is 2. The summed E-state index contributed by atoms with van der Waals surface area (Å²) in [5.41, 5.74) is 6.82. The fraction of sp³-hybridized carbons (Fsp3) is 0.400. The number of carbonyl (C=O) groups excluding carboxylic acids is 4. The van der Waals surface area contributed by atoms with E-state index in [4.69, 9.17) is 17.3 Å². The van der Waals surface area contributed by atoms with Gasteiger partial charge in [0, 0.05) is 27.9 Å². The van der Waals surface area contributed by atoms with Gasteiger partial charge in [-0.15, -0.1) is 11.3 Å².